The van der Waals surface area contributed by atoms with Crippen LogP contribution in [0, 0.1) is 11.3 Å². The first-order chi connectivity index (χ1) is 16.2. The van der Waals surface area contributed by atoms with Gasteiger partial charge in [0.25, 0.3) is 0 Å². The summed E-state index contributed by atoms with van der Waals surface area (Å²) in [6.45, 7) is 0. The lowest BCUT2D eigenvalue weighted by atomic mass is 9.83. The van der Waals surface area contributed by atoms with Crippen LogP contribution in [0.2, 0.25) is 0 Å². The smallest absolute Gasteiger partial charge is 0.435 e. The van der Waals surface area contributed by atoms with Crippen LogP contribution >= 0.6 is 0 Å². The van der Waals surface area contributed by atoms with Gasteiger partial charge in [-0.15, -0.1) is 0 Å². The number of fused-ring (bicyclic) bond motifs is 1. The van der Waals surface area contributed by atoms with Crippen LogP contribution in [0.25, 0.3) is 5.69 Å². The summed E-state index contributed by atoms with van der Waals surface area (Å²) in [4.78, 5) is 0. The number of benzene rings is 2. The average molecular weight is 472 g/mol. The molecular weight excluding hydrogens is 453 g/mol. The zero-order chi connectivity index (χ0) is 24.6. The number of nitriles is 1. The Morgan fingerprint density at radius 1 is 1.06 bits per heavy atom. The number of hydrogen-bond donors (Lipinski definition) is 1. The van der Waals surface area contributed by atoms with E-state index >= 15 is 0 Å². The maximum absolute atomic E-state index is 14.2. The Labute approximate surface area is 192 Å². The predicted molar refractivity (Wildman–Crippen MR) is 114 cm³/mol. The van der Waals surface area contributed by atoms with E-state index in [0.717, 1.165) is 4.68 Å². The van der Waals surface area contributed by atoms with Gasteiger partial charge in [0.2, 0.25) is 17.5 Å². The molecule has 0 fully saturated rings. The minimum absolute atomic E-state index is 0.199. The third-order valence-corrected chi connectivity index (χ3v) is 5.34. The second-order valence-electron chi connectivity index (χ2n) is 7.20. The Bertz CT molecular complexity index is 1290. The summed E-state index contributed by atoms with van der Waals surface area (Å²) in [6, 6.07) is 13.0. The molecule has 2 heterocycles. The first-order valence-corrected chi connectivity index (χ1v) is 9.88. The van der Waals surface area contributed by atoms with Crippen molar-refractivity contribution in [3.63, 3.8) is 0 Å². The number of nitrogens with two attached hydrogens (primary N) is 1. The van der Waals surface area contributed by atoms with Crippen molar-refractivity contribution < 1.29 is 32.1 Å². The first kappa shape index (κ1) is 22.8. The molecule has 0 aliphatic carbocycles. The Morgan fingerprint density at radius 2 is 1.68 bits per heavy atom. The van der Waals surface area contributed by atoms with Crippen LogP contribution in [0.15, 0.2) is 53.9 Å². The number of ether oxygens (including phenoxy) is 4. The van der Waals surface area contributed by atoms with Gasteiger partial charge in [0.05, 0.1) is 38.5 Å². The molecule has 11 heteroatoms. The van der Waals surface area contributed by atoms with E-state index in [1.165, 1.54) is 33.5 Å². The Balaban J connectivity index is 2.07. The number of rotatable bonds is 5. The molecule has 0 amide bonds. The molecule has 8 nitrogen and oxygen atoms in total. The highest BCUT2D eigenvalue weighted by atomic mass is 19.4. The number of alkyl halides is 3. The molecule has 1 aliphatic heterocycles. The topological polar surface area (TPSA) is 105 Å². The van der Waals surface area contributed by atoms with Gasteiger partial charge in [0.15, 0.2) is 17.2 Å². The van der Waals surface area contributed by atoms with Gasteiger partial charge >= 0.3 is 6.18 Å². The summed E-state index contributed by atoms with van der Waals surface area (Å²) in [7, 11) is 4.15. The van der Waals surface area contributed by atoms with E-state index in [4.69, 9.17) is 24.7 Å². The lowest BCUT2D eigenvalue weighted by Gasteiger charge is -2.26. The van der Waals surface area contributed by atoms with Gasteiger partial charge in [-0.25, -0.2) is 0 Å². The minimum atomic E-state index is -4.85. The van der Waals surface area contributed by atoms with Crippen LogP contribution in [-0.2, 0) is 6.18 Å². The molecule has 2 N–H and O–H groups in total. The van der Waals surface area contributed by atoms with Crippen LogP contribution in [0.1, 0.15) is 22.7 Å². The Hall–Kier alpha value is -4.33. The van der Waals surface area contributed by atoms with Crippen LogP contribution in [0.4, 0.5) is 13.2 Å². The number of para-hydroxylation sites is 1. The van der Waals surface area contributed by atoms with Crippen molar-refractivity contribution in [1.82, 2.24) is 9.78 Å². The van der Waals surface area contributed by atoms with Crippen LogP contribution in [0.5, 0.6) is 23.1 Å². The third-order valence-electron chi connectivity index (χ3n) is 5.34. The van der Waals surface area contributed by atoms with Crippen LogP contribution < -0.4 is 24.7 Å². The first-order valence-electron chi connectivity index (χ1n) is 9.88. The third kappa shape index (κ3) is 3.63. The van der Waals surface area contributed by atoms with E-state index in [1.807, 2.05) is 6.07 Å². The molecule has 4 rings (SSSR count). The number of allylic oxidation sites excluding steroid dienone is 1. The molecule has 0 bridgehead atoms. The number of hydrogen-bond acceptors (Lipinski definition) is 7. The van der Waals surface area contributed by atoms with E-state index in [0.29, 0.717) is 5.69 Å². The SMILES string of the molecule is COc1cc(C2C(C#N)=C(N)Oc3c2c(C(F)(F)F)nn3-c2ccccc2)cc(OC)c1OC. The lowest BCUT2D eigenvalue weighted by Crippen LogP contribution is -2.23. The lowest BCUT2D eigenvalue weighted by molar-refractivity contribution is -0.142. The monoisotopic (exact) mass is 472 g/mol. The van der Waals surface area contributed by atoms with E-state index in [9.17, 15) is 18.4 Å². The standard InChI is InChI=1S/C23H19F3N4O4/c1-31-15-9-12(10-16(32-2)19(15)33-3)17-14(11-27)21(28)34-22-18(17)20(23(24,25)26)29-30(22)13-7-5-4-6-8-13/h4-10,17H,28H2,1-3H3. The highest BCUT2D eigenvalue weighted by Crippen LogP contribution is 2.51. The van der Waals surface area contributed by atoms with Crippen molar-refractivity contribution in [3.05, 3.63) is 70.7 Å². The number of methoxy groups -OCH3 is 3. The van der Waals surface area contributed by atoms with Crippen molar-refractivity contribution in [1.29, 1.82) is 5.26 Å². The zero-order valence-corrected chi connectivity index (χ0v) is 18.3. The summed E-state index contributed by atoms with van der Waals surface area (Å²) in [5, 5.41) is 13.6. The van der Waals surface area contributed by atoms with Gasteiger partial charge < -0.3 is 24.7 Å². The van der Waals surface area contributed by atoms with Crippen molar-refractivity contribution in [2.75, 3.05) is 21.3 Å². The normalized spacial score (nSPS) is 15.3. The van der Waals surface area contributed by atoms with Crippen LogP contribution in [0.3, 0.4) is 0 Å². The molecule has 1 unspecified atom stereocenters. The fourth-order valence-corrected chi connectivity index (χ4v) is 3.89. The predicted octanol–water partition coefficient (Wildman–Crippen LogP) is 4.14. The highest BCUT2D eigenvalue weighted by Gasteiger charge is 2.46. The van der Waals surface area contributed by atoms with E-state index in [-0.39, 0.29) is 45.7 Å². The molecule has 1 aliphatic rings. The summed E-state index contributed by atoms with van der Waals surface area (Å²) in [5.74, 6) is -1.20. The van der Waals surface area contributed by atoms with E-state index in [2.05, 4.69) is 5.10 Å². The second kappa shape index (κ2) is 8.55. The van der Waals surface area contributed by atoms with Crippen molar-refractivity contribution in [2.45, 2.75) is 12.1 Å². The zero-order valence-electron chi connectivity index (χ0n) is 18.3. The molecule has 34 heavy (non-hydrogen) atoms. The molecule has 0 saturated carbocycles. The van der Waals surface area contributed by atoms with E-state index in [1.54, 1.807) is 30.3 Å². The molecule has 1 aromatic heterocycles. The van der Waals surface area contributed by atoms with Crippen LogP contribution in [-0.4, -0.2) is 31.1 Å². The molecule has 0 radical (unpaired) electrons. The van der Waals surface area contributed by atoms with Gasteiger partial charge in [-0.3, -0.25) is 0 Å². The fourth-order valence-electron chi connectivity index (χ4n) is 3.89. The Morgan fingerprint density at radius 3 is 2.18 bits per heavy atom. The van der Waals surface area contributed by atoms with Gasteiger partial charge in [-0.1, -0.05) is 18.2 Å². The fraction of sp³-hybridized carbons (Fsp3) is 0.217. The molecule has 2 aromatic carbocycles. The van der Waals surface area contributed by atoms with Gasteiger partial charge in [-0.2, -0.15) is 28.2 Å². The summed E-state index contributed by atoms with van der Waals surface area (Å²) in [6.07, 6.45) is -4.85. The van der Waals surface area contributed by atoms with Gasteiger partial charge in [-0.05, 0) is 29.8 Å². The molecule has 0 saturated heterocycles. The molecule has 0 spiro atoms. The number of nitrogens with zero attached hydrogens (tertiary/aromatic N) is 3. The second-order valence-corrected chi connectivity index (χ2v) is 7.20. The Kier molecular flexibility index (Phi) is 5.75. The molecule has 3 aromatic rings. The quantitative estimate of drug-likeness (QED) is 0.595. The van der Waals surface area contributed by atoms with Crippen molar-refractivity contribution >= 4 is 0 Å². The largest absolute Gasteiger partial charge is 0.493 e. The van der Waals surface area contributed by atoms with Gasteiger partial charge in [0.1, 0.15) is 11.6 Å². The average Bonchev–Trinajstić information content (AvgIpc) is 3.22. The highest BCUT2D eigenvalue weighted by molar-refractivity contribution is 5.62. The summed E-state index contributed by atoms with van der Waals surface area (Å²) >= 11 is 0. The molecule has 176 valence electrons. The molecule has 1 atom stereocenters. The van der Waals surface area contributed by atoms with Crippen molar-refractivity contribution in [2.24, 2.45) is 5.73 Å². The molecular formula is C23H19F3N4O4. The van der Waals surface area contributed by atoms with Gasteiger partial charge in [0, 0.05) is 0 Å². The minimum Gasteiger partial charge on any atom is -0.493 e. The summed E-state index contributed by atoms with van der Waals surface area (Å²) < 4.78 is 65.2. The maximum atomic E-state index is 14.2. The van der Waals surface area contributed by atoms with Crippen molar-refractivity contribution in [3.8, 4) is 34.9 Å². The maximum Gasteiger partial charge on any atom is 0.435 e. The van der Waals surface area contributed by atoms with E-state index < -0.39 is 17.8 Å². The number of halogens is 3. The summed E-state index contributed by atoms with van der Waals surface area (Å²) in [5.41, 5.74) is 4.83. The number of aromatic nitrogens is 2.